The second-order valence-electron chi connectivity index (χ2n) is 5.84. The highest BCUT2D eigenvalue weighted by Crippen LogP contribution is 2.28. The van der Waals surface area contributed by atoms with Crippen molar-refractivity contribution in [3.63, 3.8) is 0 Å². The fraction of sp³-hybridized carbons (Fsp3) is 0.625. The summed E-state index contributed by atoms with van der Waals surface area (Å²) in [6.07, 6.45) is 5.68. The largest absolute Gasteiger partial charge is 0.389 e. The molecule has 0 bridgehead atoms. The van der Waals surface area contributed by atoms with E-state index in [1.165, 1.54) is 6.07 Å². The molecule has 19 heavy (non-hydrogen) atoms. The first-order valence-corrected chi connectivity index (χ1v) is 7.28. The van der Waals surface area contributed by atoms with Gasteiger partial charge in [0.15, 0.2) is 0 Å². The maximum atomic E-state index is 13.5. The van der Waals surface area contributed by atoms with Crippen LogP contribution in [0.1, 0.15) is 44.6 Å². The molecule has 0 aliphatic heterocycles. The fourth-order valence-electron chi connectivity index (χ4n) is 2.75. The molecule has 1 saturated carbocycles. The van der Waals surface area contributed by atoms with Crippen molar-refractivity contribution in [2.75, 3.05) is 6.54 Å². The van der Waals surface area contributed by atoms with Crippen LogP contribution in [0.2, 0.25) is 0 Å². The van der Waals surface area contributed by atoms with E-state index in [1.54, 1.807) is 6.07 Å². The zero-order valence-corrected chi connectivity index (χ0v) is 11.7. The van der Waals surface area contributed by atoms with Crippen LogP contribution in [0.4, 0.5) is 4.39 Å². The first-order chi connectivity index (χ1) is 9.09. The van der Waals surface area contributed by atoms with Gasteiger partial charge in [-0.1, -0.05) is 31.0 Å². The Morgan fingerprint density at radius 2 is 2.00 bits per heavy atom. The number of benzene rings is 1. The van der Waals surface area contributed by atoms with Crippen LogP contribution in [0.5, 0.6) is 0 Å². The molecule has 1 aromatic rings. The van der Waals surface area contributed by atoms with E-state index in [-0.39, 0.29) is 5.82 Å². The number of aryl methyl sites for hydroxylation is 1. The second kappa shape index (κ2) is 6.49. The van der Waals surface area contributed by atoms with E-state index in [0.717, 1.165) is 44.1 Å². The molecule has 106 valence electrons. The van der Waals surface area contributed by atoms with Crippen molar-refractivity contribution in [1.29, 1.82) is 0 Å². The minimum absolute atomic E-state index is 0.121. The molecule has 1 aromatic carbocycles. The van der Waals surface area contributed by atoms with Gasteiger partial charge in [0.05, 0.1) is 5.60 Å². The van der Waals surface area contributed by atoms with E-state index in [4.69, 9.17) is 0 Å². The molecule has 2 N–H and O–H groups in total. The molecule has 1 aliphatic carbocycles. The lowest BCUT2D eigenvalue weighted by Crippen LogP contribution is -2.41. The number of aliphatic hydroxyl groups is 1. The van der Waals surface area contributed by atoms with Gasteiger partial charge in [0.25, 0.3) is 0 Å². The molecule has 0 spiro atoms. The van der Waals surface area contributed by atoms with Gasteiger partial charge in [0, 0.05) is 12.6 Å². The molecule has 0 amide bonds. The maximum absolute atomic E-state index is 13.5. The summed E-state index contributed by atoms with van der Waals surface area (Å²) < 4.78 is 13.5. The predicted octanol–water partition coefficient (Wildman–Crippen LogP) is 3.04. The first-order valence-electron chi connectivity index (χ1n) is 7.28. The highest BCUT2D eigenvalue weighted by atomic mass is 19.1. The zero-order chi connectivity index (χ0) is 13.7. The molecule has 0 radical (unpaired) electrons. The molecular weight excluding hydrogens is 241 g/mol. The maximum Gasteiger partial charge on any atom is 0.126 e. The number of hydrogen-bond donors (Lipinski definition) is 2. The zero-order valence-electron chi connectivity index (χ0n) is 11.7. The highest BCUT2D eigenvalue weighted by Gasteiger charge is 2.30. The number of hydrogen-bond acceptors (Lipinski definition) is 2. The third-order valence-electron chi connectivity index (χ3n) is 4.12. The molecule has 0 saturated heterocycles. The van der Waals surface area contributed by atoms with Crippen LogP contribution >= 0.6 is 0 Å². The summed E-state index contributed by atoms with van der Waals surface area (Å²) in [4.78, 5) is 0. The van der Waals surface area contributed by atoms with E-state index >= 15 is 0 Å². The summed E-state index contributed by atoms with van der Waals surface area (Å²) in [7, 11) is 0. The van der Waals surface area contributed by atoms with Crippen LogP contribution in [-0.4, -0.2) is 23.3 Å². The van der Waals surface area contributed by atoms with Crippen molar-refractivity contribution >= 4 is 0 Å². The number of rotatable bonds is 6. The predicted molar refractivity (Wildman–Crippen MR) is 75.6 cm³/mol. The summed E-state index contributed by atoms with van der Waals surface area (Å²) in [5.74, 6) is -0.121. The van der Waals surface area contributed by atoms with Crippen molar-refractivity contribution in [1.82, 2.24) is 5.32 Å². The summed E-state index contributed by atoms with van der Waals surface area (Å²) in [6, 6.07) is 7.24. The third kappa shape index (κ3) is 4.29. The van der Waals surface area contributed by atoms with Crippen LogP contribution < -0.4 is 5.32 Å². The normalized spacial score (nSPS) is 19.5. The Bertz CT molecular complexity index is 401. The number of nitrogens with one attached hydrogen (secondary N) is 1. The molecule has 2 rings (SSSR count). The lowest BCUT2D eigenvalue weighted by Gasteiger charge is -2.25. The van der Waals surface area contributed by atoms with Gasteiger partial charge >= 0.3 is 0 Å². The molecule has 0 aromatic heterocycles. The minimum Gasteiger partial charge on any atom is -0.389 e. The van der Waals surface area contributed by atoms with Crippen molar-refractivity contribution in [3.05, 3.63) is 35.6 Å². The van der Waals surface area contributed by atoms with E-state index in [0.29, 0.717) is 12.6 Å². The van der Waals surface area contributed by atoms with Gasteiger partial charge in [0.2, 0.25) is 0 Å². The molecule has 1 fully saturated rings. The van der Waals surface area contributed by atoms with Crippen molar-refractivity contribution in [3.8, 4) is 0 Å². The summed E-state index contributed by atoms with van der Waals surface area (Å²) in [5, 5.41) is 13.6. The monoisotopic (exact) mass is 265 g/mol. The van der Waals surface area contributed by atoms with E-state index in [2.05, 4.69) is 12.2 Å². The first kappa shape index (κ1) is 14.5. The van der Waals surface area contributed by atoms with Crippen LogP contribution in [0.3, 0.4) is 0 Å². The topological polar surface area (TPSA) is 32.3 Å². The Kier molecular flexibility index (Phi) is 4.94. The van der Waals surface area contributed by atoms with Crippen molar-refractivity contribution in [2.45, 2.75) is 57.1 Å². The summed E-state index contributed by atoms with van der Waals surface area (Å²) >= 11 is 0. The lowest BCUT2D eigenvalue weighted by atomic mass is 10.0. The van der Waals surface area contributed by atoms with Crippen LogP contribution in [0, 0.1) is 5.82 Å². The Labute approximate surface area is 115 Å². The van der Waals surface area contributed by atoms with E-state index < -0.39 is 5.60 Å². The molecule has 1 unspecified atom stereocenters. The minimum atomic E-state index is -0.508. The van der Waals surface area contributed by atoms with Crippen LogP contribution in [-0.2, 0) is 6.42 Å². The van der Waals surface area contributed by atoms with E-state index in [1.807, 2.05) is 12.1 Å². The van der Waals surface area contributed by atoms with Crippen molar-refractivity contribution < 1.29 is 9.50 Å². The quantitative estimate of drug-likeness (QED) is 0.828. The van der Waals surface area contributed by atoms with Crippen LogP contribution in [0.15, 0.2) is 24.3 Å². The van der Waals surface area contributed by atoms with Gasteiger partial charge in [-0.15, -0.1) is 0 Å². The van der Waals surface area contributed by atoms with Gasteiger partial charge in [-0.2, -0.15) is 0 Å². The third-order valence-corrected chi connectivity index (χ3v) is 4.12. The standard InChI is InChI=1S/C16H24FNO/c1-13(18-12-16(19)10-4-5-11-16)8-9-14-6-2-3-7-15(14)17/h2-3,6-7,13,18-19H,4-5,8-12H2,1H3. The molecule has 1 aliphatic rings. The number of halogens is 1. The van der Waals surface area contributed by atoms with Crippen molar-refractivity contribution in [2.24, 2.45) is 0 Å². The molecule has 1 atom stereocenters. The Balaban J connectivity index is 1.73. The summed E-state index contributed by atoms with van der Waals surface area (Å²) in [6.45, 7) is 2.75. The second-order valence-corrected chi connectivity index (χ2v) is 5.84. The Hall–Kier alpha value is -0.930. The fourth-order valence-corrected chi connectivity index (χ4v) is 2.75. The summed E-state index contributed by atoms with van der Waals surface area (Å²) in [5.41, 5.74) is 0.266. The van der Waals surface area contributed by atoms with Gasteiger partial charge in [-0.05, 0) is 44.2 Å². The average molecular weight is 265 g/mol. The van der Waals surface area contributed by atoms with Gasteiger partial charge in [0.1, 0.15) is 5.82 Å². The smallest absolute Gasteiger partial charge is 0.126 e. The van der Waals surface area contributed by atoms with Gasteiger partial charge < -0.3 is 10.4 Å². The lowest BCUT2D eigenvalue weighted by molar-refractivity contribution is 0.0451. The highest BCUT2D eigenvalue weighted by molar-refractivity contribution is 5.17. The SMILES string of the molecule is CC(CCc1ccccc1F)NCC1(O)CCCC1. The Morgan fingerprint density at radius 1 is 1.32 bits per heavy atom. The molecule has 3 heteroatoms. The molecule has 2 nitrogen and oxygen atoms in total. The van der Waals surface area contributed by atoms with Crippen LogP contribution in [0.25, 0.3) is 0 Å². The molecular formula is C16H24FNO. The average Bonchev–Trinajstić information content (AvgIpc) is 2.83. The Morgan fingerprint density at radius 3 is 2.68 bits per heavy atom. The molecule has 0 heterocycles. The van der Waals surface area contributed by atoms with E-state index in [9.17, 15) is 9.50 Å². The van der Waals surface area contributed by atoms with Gasteiger partial charge in [-0.25, -0.2) is 4.39 Å². The van der Waals surface area contributed by atoms with Gasteiger partial charge in [-0.3, -0.25) is 0 Å².